The van der Waals surface area contributed by atoms with Crippen LogP contribution in [0.3, 0.4) is 0 Å². The minimum absolute atomic E-state index is 0.805. The maximum Gasteiger partial charge on any atom is 0.00980 e. The molecule has 2 saturated carbocycles. The Balaban J connectivity index is 1.37. The summed E-state index contributed by atoms with van der Waals surface area (Å²) in [5.41, 5.74) is 3.11. The van der Waals surface area contributed by atoms with E-state index in [0.717, 1.165) is 23.8 Å². The number of aryl methyl sites for hydroxylation is 1. The lowest BCUT2D eigenvalue weighted by molar-refractivity contribution is 0.125. The summed E-state index contributed by atoms with van der Waals surface area (Å²) in [4.78, 5) is 2.86. The van der Waals surface area contributed by atoms with Crippen LogP contribution in [-0.4, -0.2) is 24.0 Å². The third-order valence-electron chi connectivity index (χ3n) is 6.84. The molecule has 22 heavy (non-hydrogen) atoms. The molecule has 2 bridgehead atoms. The highest BCUT2D eigenvalue weighted by atomic mass is 15.2. The molecule has 0 aromatic heterocycles. The van der Waals surface area contributed by atoms with Crippen LogP contribution in [0.15, 0.2) is 24.3 Å². The first-order valence-corrected chi connectivity index (χ1v) is 9.59. The number of rotatable bonds is 2. The van der Waals surface area contributed by atoms with E-state index in [2.05, 4.69) is 36.1 Å². The molecule has 3 fully saturated rings. The zero-order valence-corrected chi connectivity index (χ0v) is 14.1. The van der Waals surface area contributed by atoms with Crippen LogP contribution in [0.2, 0.25) is 0 Å². The monoisotopic (exact) mass is 297 g/mol. The molecule has 0 spiro atoms. The smallest absolute Gasteiger partial charge is 0.00980 e. The minimum atomic E-state index is 0.805. The highest BCUT2D eigenvalue weighted by Gasteiger charge is 2.34. The molecule has 3 atom stereocenters. The molecular weight excluding hydrogens is 266 g/mol. The number of benzene rings is 1. The van der Waals surface area contributed by atoms with E-state index in [0.29, 0.717) is 0 Å². The molecule has 1 aliphatic heterocycles. The molecule has 120 valence electrons. The quantitative estimate of drug-likeness (QED) is 0.730. The first-order chi connectivity index (χ1) is 10.8. The van der Waals surface area contributed by atoms with Crippen molar-refractivity contribution in [3.63, 3.8) is 0 Å². The Labute approximate surface area is 136 Å². The van der Waals surface area contributed by atoms with Crippen molar-refractivity contribution < 1.29 is 0 Å². The van der Waals surface area contributed by atoms with Crippen molar-refractivity contribution in [2.75, 3.05) is 13.1 Å². The molecule has 4 rings (SSSR count). The second-order valence-electron chi connectivity index (χ2n) is 8.18. The summed E-state index contributed by atoms with van der Waals surface area (Å²) in [5.74, 6) is 2.95. The molecule has 0 N–H and O–H groups in total. The highest BCUT2D eigenvalue weighted by molar-refractivity contribution is 5.29. The molecule has 1 heteroatoms. The average Bonchev–Trinajstić information content (AvgIpc) is 2.87. The van der Waals surface area contributed by atoms with E-state index in [9.17, 15) is 0 Å². The summed E-state index contributed by atoms with van der Waals surface area (Å²) in [7, 11) is 0. The van der Waals surface area contributed by atoms with E-state index in [1.165, 1.54) is 63.6 Å². The van der Waals surface area contributed by atoms with Gasteiger partial charge in [0.25, 0.3) is 0 Å². The Kier molecular flexibility index (Phi) is 4.26. The van der Waals surface area contributed by atoms with Gasteiger partial charge in [-0.3, -0.25) is 0 Å². The van der Waals surface area contributed by atoms with Gasteiger partial charge < -0.3 is 4.90 Å². The Morgan fingerprint density at radius 3 is 2.36 bits per heavy atom. The van der Waals surface area contributed by atoms with Gasteiger partial charge in [0.05, 0.1) is 0 Å². The van der Waals surface area contributed by atoms with Gasteiger partial charge in [-0.15, -0.1) is 0 Å². The van der Waals surface area contributed by atoms with E-state index in [4.69, 9.17) is 0 Å². The molecule has 1 aromatic rings. The van der Waals surface area contributed by atoms with Gasteiger partial charge in [-0.25, -0.2) is 0 Å². The van der Waals surface area contributed by atoms with Crippen LogP contribution in [0.4, 0.5) is 0 Å². The summed E-state index contributed by atoms with van der Waals surface area (Å²) in [6, 6.07) is 9.95. The molecule has 3 unspecified atom stereocenters. The van der Waals surface area contributed by atoms with Gasteiger partial charge in [-0.2, -0.15) is 0 Å². The van der Waals surface area contributed by atoms with E-state index in [1.807, 2.05) is 0 Å². The zero-order chi connectivity index (χ0) is 14.9. The van der Waals surface area contributed by atoms with E-state index in [1.54, 1.807) is 12.0 Å². The van der Waals surface area contributed by atoms with Gasteiger partial charge in [0.2, 0.25) is 0 Å². The van der Waals surface area contributed by atoms with Crippen LogP contribution in [-0.2, 0) is 0 Å². The van der Waals surface area contributed by atoms with Crippen molar-refractivity contribution in [2.45, 2.75) is 70.3 Å². The van der Waals surface area contributed by atoms with Crippen molar-refractivity contribution >= 4 is 0 Å². The van der Waals surface area contributed by atoms with Gasteiger partial charge in [-0.1, -0.05) is 37.1 Å². The van der Waals surface area contributed by atoms with Gasteiger partial charge >= 0.3 is 0 Å². The molecule has 1 aromatic carbocycles. The summed E-state index contributed by atoms with van der Waals surface area (Å²) in [5, 5.41) is 0. The largest absolute Gasteiger partial charge is 0.300 e. The summed E-state index contributed by atoms with van der Waals surface area (Å²) in [6.07, 6.45) is 11.9. The fraction of sp³-hybridized carbons (Fsp3) is 0.714. The van der Waals surface area contributed by atoms with Crippen LogP contribution >= 0.6 is 0 Å². The van der Waals surface area contributed by atoms with Crippen LogP contribution in [0.1, 0.15) is 68.4 Å². The normalized spacial score (nSPS) is 33.8. The Morgan fingerprint density at radius 1 is 0.818 bits per heavy atom. The van der Waals surface area contributed by atoms with Crippen molar-refractivity contribution in [3.05, 3.63) is 35.4 Å². The summed E-state index contributed by atoms with van der Waals surface area (Å²) in [6.45, 7) is 4.95. The lowest BCUT2D eigenvalue weighted by Crippen LogP contribution is -2.41. The van der Waals surface area contributed by atoms with Gasteiger partial charge in [-0.05, 0) is 87.4 Å². The third kappa shape index (κ3) is 2.97. The first kappa shape index (κ1) is 14.8. The molecule has 2 aliphatic carbocycles. The highest BCUT2D eigenvalue weighted by Crippen LogP contribution is 2.42. The number of piperidine rings is 1. The maximum absolute atomic E-state index is 2.86. The average molecular weight is 297 g/mol. The van der Waals surface area contributed by atoms with Gasteiger partial charge in [0, 0.05) is 6.04 Å². The molecule has 0 amide bonds. The molecule has 1 saturated heterocycles. The minimum Gasteiger partial charge on any atom is -0.300 e. The third-order valence-corrected chi connectivity index (χ3v) is 6.84. The second-order valence-corrected chi connectivity index (χ2v) is 8.18. The molecule has 3 aliphatic rings. The topological polar surface area (TPSA) is 3.24 Å². The van der Waals surface area contributed by atoms with E-state index in [-0.39, 0.29) is 0 Å². The molecular formula is C21H31N. The zero-order valence-electron chi connectivity index (χ0n) is 14.1. The van der Waals surface area contributed by atoms with E-state index < -0.39 is 0 Å². The van der Waals surface area contributed by atoms with Crippen molar-refractivity contribution in [1.29, 1.82) is 0 Å². The number of hydrogen-bond donors (Lipinski definition) is 0. The number of fused-ring (bicyclic) bond motifs is 2. The summed E-state index contributed by atoms with van der Waals surface area (Å²) >= 11 is 0. The van der Waals surface area contributed by atoms with Crippen LogP contribution < -0.4 is 0 Å². The Bertz CT molecular complexity index is 500. The Morgan fingerprint density at radius 2 is 1.55 bits per heavy atom. The fourth-order valence-electron chi connectivity index (χ4n) is 5.54. The maximum atomic E-state index is 2.86. The predicted molar refractivity (Wildman–Crippen MR) is 93.2 cm³/mol. The standard InChI is InChI=1S/C21H31N/c1-16-4-2-3-5-21(16)19-10-12-22(13-11-19)20-9-8-17-6-7-18(14-17)15-20/h2-5,17-20H,6-15H2,1H3. The first-order valence-electron chi connectivity index (χ1n) is 9.59. The number of nitrogens with zero attached hydrogens (tertiary/aromatic N) is 1. The summed E-state index contributed by atoms with van der Waals surface area (Å²) < 4.78 is 0. The molecule has 1 heterocycles. The van der Waals surface area contributed by atoms with Crippen LogP contribution in [0.5, 0.6) is 0 Å². The number of hydrogen-bond acceptors (Lipinski definition) is 1. The van der Waals surface area contributed by atoms with E-state index >= 15 is 0 Å². The SMILES string of the molecule is Cc1ccccc1C1CCN(C2CCC3CCC(C3)C2)CC1. The molecule has 0 radical (unpaired) electrons. The lowest BCUT2D eigenvalue weighted by Gasteiger charge is -2.39. The lowest BCUT2D eigenvalue weighted by atomic mass is 9.85. The van der Waals surface area contributed by atoms with Gasteiger partial charge in [0.15, 0.2) is 0 Å². The van der Waals surface area contributed by atoms with Gasteiger partial charge in [0.1, 0.15) is 0 Å². The molecule has 1 nitrogen and oxygen atoms in total. The van der Waals surface area contributed by atoms with Crippen LogP contribution in [0, 0.1) is 18.8 Å². The second kappa shape index (κ2) is 6.35. The van der Waals surface area contributed by atoms with Crippen molar-refractivity contribution in [3.8, 4) is 0 Å². The van der Waals surface area contributed by atoms with Crippen molar-refractivity contribution in [1.82, 2.24) is 4.90 Å². The van der Waals surface area contributed by atoms with Crippen LogP contribution in [0.25, 0.3) is 0 Å². The fourth-order valence-corrected chi connectivity index (χ4v) is 5.54. The Hall–Kier alpha value is -0.820. The number of likely N-dealkylation sites (tertiary alicyclic amines) is 1. The van der Waals surface area contributed by atoms with Crippen molar-refractivity contribution in [2.24, 2.45) is 11.8 Å². The predicted octanol–water partition coefficient (Wildman–Crippen LogP) is 5.14.